The predicted octanol–water partition coefficient (Wildman–Crippen LogP) is -9.04. The molecule has 0 aliphatic carbocycles. The number of hydrogen-bond donors (Lipinski definition) is 4. The van der Waals surface area contributed by atoms with Gasteiger partial charge in [-0.1, -0.05) is 0 Å². The fourth-order valence-corrected chi connectivity index (χ4v) is 8.40. The van der Waals surface area contributed by atoms with Gasteiger partial charge in [0.25, 0.3) is 31.3 Å². The lowest BCUT2D eigenvalue weighted by atomic mass is 15.6. The van der Waals surface area contributed by atoms with E-state index >= 15 is 0 Å². The zero-order valence-electron chi connectivity index (χ0n) is 16.4. The van der Waals surface area contributed by atoms with Crippen LogP contribution in [0.1, 0.15) is 0 Å². The van der Waals surface area contributed by atoms with Crippen molar-refractivity contribution in [1.29, 1.82) is 0 Å². The van der Waals surface area contributed by atoms with Crippen molar-refractivity contribution in [1.82, 2.24) is 0 Å². The third-order valence-electron chi connectivity index (χ3n) is 1.22. The van der Waals surface area contributed by atoms with Gasteiger partial charge in [-0.15, -0.1) is 0 Å². The van der Waals surface area contributed by atoms with Crippen LogP contribution in [-0.2, 0) is 66.9 Å². The normalized spacial score (nSPS) is 29.0. The van der Waals surface area contributed by atoms with Crippen molar-refractivity contribution in [2.24, 2.45) is 0 Å². The fourth-order valence-electron chi connectivity index (χ4n) is 0.814. The predicted molar refractivity (Wildman–Crippen MR) is 83.8 cm³/mol. The molecule has 39 heteroatoms. The Morgan fingerprint density at radius 2 is 0.846 bits per heavy atom. The van der Waals surface area contributed by atoms with Crippen LogP contribution in [0.4, 0.5) is 0 Å². The first-order valence-electron chi connectivity index (χ1n) is 6.64. The van der Waals surface area contributed by atoms with Gasteiger partial charge in [0.1, 0.15) is 0 Å². The highest BCUT2D eigenvalue weighted by Crippen LogP contribution is 2.75. The number of phosphoric acid groups is 9. The second-order valence-electron chi connectivity index (χ2n) is 4.60. The van der Waals surface area contributed by atoms with Crippen LogP contribution in [0.25, 0.3) is 0 Å². The molecule has 1 heterocycles. The summed E-state index contributed by atoms with van der Waals surface area (Å²) in [6.45, 7) is 0. The largest absolute Gasteiger partial charge is 0.822 e. The highest BCUT2D eigenvalue weighted by atomic mass is 31.3. The second kappa shape index (κ2) is 15.3. The minimum atomic E-state index is -5.95. The Labute approximate surface area is 211 Å². The average Bonchev–Trinajstić information content (AvgIpc) is 2.28. The van der Waals surface area contributed by atoms with Crippen LogP contribution in [0.2, 0.25) is 0 Å². The SMILES string of the molecule is O=P([O-])([O-])OP(=O)(O)O.O=P([O-])([O-])OP(=O)([O-])OP(=O)([O-])O.O=P([O-])([O-])[O-].O=P1([O-])OP(=O)([O-])OP(=O)(O)O1. The lowest BCUT2D eigenvalue weighted by molar-refractivity contribution is -0.432. The van der Waals surface area contributed by atoms with Crippen LogP contribution in [0.5, 0.6) is 0 Å². The van der Waals surface area contributed by atoms with E-state index in [4.69, 9.17) is 38.8 Å². The molecule has 4 unspecified atom stereocenters. The minimum absolute atomic E-state index is 2.69. The smallest absolute Gasteiger partial charge is 0.485 e. The molecule has 1 aliphatic heterocycles. The van der Waals surface area contributed by atoms with E-state index in [-0.39, 0.29) is 0 Å². The van der Waals surface area contributed by atoms with E-state index in [9.17, 15) is 75.7 Å². The maximum absolute atomic E-state index is 10.4. The first kappa shape index (κ1) is 44.7. The Balaban J connectivity index is -0.000000465. The molecule has 39 heavy (non-hydrogen) atoms. The fraction of sp³-hybridized carbons (Fsp3) is 0. The van der Waals surface area contributed by atoms with Gasteiger partial charge in [0.2, 0.25) is 0 Å². The van der Waals surface area contributed by atoms with E-state index in [0.29, 0.717) is 0 Å². The second-order valence-corrected chi connectivity index (χ2v) is 16.7. The van der Waals surface area contributed by atoms with Gasteiger partial charge in [-0.3, -0.25) is 26.9 Å². The van der Waals surface area contributed by atoms with Crippen molar-refractivity contribution in [3.8, 4) is 0 Å². The van der Waals surface area contributed by atoms with Gasteiger partial charge < -0.3 is 87.1 Å². The molecule has 30 nitrogen and oxygen atoms in total. The molecular formula is H4O30P9-11. The van der Waals surface area contributed by atoms with Crippen molar-refractivity contribution in [3.63, 3.8) is 0 Å². The zero-order chi connectivity index (χ0) is 32.7. The number of rotatable bonds is 6. The molecule has 1 fully saturated rings. The summed E-state index contributed by atoms with van der Waals surface area (Å²) in [7, 11) is -49.4. The standard InChI is InChI=1S/H5O10P3.H3O9P3.H4O7P2.H3O4P/c1-11(2,3)9-13(7,8)10-12(4,5)6;1-10(2)7-11(3,4)9-12(5,6)8-10;1-8(2,3)7-9(4,5)6;1-5(2,3)4/h(H,7,8)(H2,1,2,3)(H2,4,5,6);(H,1,2)(H,3,4)(H,5,6);(H2,1,2,3)(H2,4,5,6);(H3,1,2,3,4)/p-11. The van der Waals surface area contributed by atoms with Crippen molar-refractivity contribution < 1.29 is 140 Å². The van der Waals surface area contributed by atoms with Gasteiger partial charge in [0.05, 0.1) is 15.6 Å². The van der Waals surface area contributed by atoms with Crippen LogP contribution in [0.3, 0.4) is 0 Å². The summed E-state index contributed by atoms with van der Waals surface area (Å²) in [4.78, 5) is 136. The van der Waals surface area contributed by atoms with Gasteiger partial charge in [0.15, 0.2) is 0 Å². The molecule has 0 saturated carbocycles. The molecule has 0 bridgehead atoms. The van der Waals surface area contributed by atoms with E-state index in [2.05, 4.69) is 25.9 Å². The van der Waals surface area contributed by atoms with E-state index in [0.717, 1.165) is 0 Å². The molecular weight excluding hydrogens is 759 g/mol. The zero-order valence-corrected chi connectivity index (χ0v) is 24.5. The van der Waals surface area contributed by atoms with Crippen LogP contribution in [-0.4, -0.2) is 19.6 Å². The Morgan fingerprint density at radius 3 is 1.00 bits per heavy atom. The van der Waals surface area contributed by atoms with E-state index in [1.165, 1.54) is 0 Å². The third kappa shape index (κ3) is 39.2. The molecule has 0 spiro atoms. The van der Waals surface area contributed by atoms with Gasteiger partial charge in [-0.05, 0) is 0 Å². The van der Waals surface area contributed by atoms with Gasteiger partial charge in [-0.25, -0.2) is 26.4 Å². The maximum atomic E-state index is 10.4. The molecule has 0 aromatic carbocycles. The summed E-state index contributed by atoms with van der Waals surface area (Å²) in [5, 5.41) is 0. The average molecular weight is 763 g/mol. The van der Waals surface area contributed by atoms with Crippen LogP contribution >= 0.6 is 70.4 Å². The quantitative estimate of drug-likeness (QED) is 0.182. The maximum Gasteiger partial charge on any atom is 0.485 e. The first-order valence-corrected chi connectivity index (χ1v) is 19.9. The lowest BCUT2D eigenvalue weighted by Gasteiger charge is -2.36. The highest BCUT2D eigenvalue weighted by molar-refractivity contribution is 7.73. The summed E-state index contributed by atoms with van der Waals surface area (Å²) < 4.78 is 106. The molecule has 0 aromatic rings. The Kier molecular flexibility index (Phi) is 17.5. The van der Waals surface area contributed by atoms with Gasteiger partial charge in [-0.2, -0.15) is 7.82 Å². The highest BCUT2D eigenvalue weighted by Gasteiger charge is 2.41. The molecule has 0 aromatic heterocycles. The summed E-state index contributed by atoms with van der Waals surface area (Å²) >= 11 is 0. The topological polar surface area (TPSA) is 544 Å². The van der Waals surface area contributed by atoms with Crippen molar-refractivity contribution in [2.75, 3.05) is 0 Å². The number of hydrogen-bond acceptors (Lipinski definition) is 26. The molecule has 1 rings (SSSR count). The van der Waals surface area contributed by atoms with Crippen LogP contribution in [0, 0.1) is 0 Å². The molecule has 4 atom stereocenters. The van der Waals surface area contributed by atoms with E-state index in [1.807, 2.05) is 0 Å². The lowest BCUT2D eigenvalue weighted by Crippen LogP contribution is -2.24. The molecule has 1 saturated heterocycles. The Hall–Kier alpha value is 1.23. The van der Waals surface area contributed by atoms with Crippen LogP contribution in [0.15, 0.2) is 0 Å². The van der Waals surface area contributed by atoms with E-state index < -0.39 is 70.4 Å². The summed E-state index contributed by atoms with van der Waals surface area (Å²) in [6, 6.07) is 0. The van der Waals surface area contributed by atoms with E-state index in [1.54, 1.807) is 0 Å². The molecule has 4 N–H and O–H groups in total. The van der Waals surface area contributed by atoms with Crippen LogP contribution < -0.4 is 53.8 Å². The van der Waals surface area contributed by atoms with Crippen molar-refractivity contribution >= 4 is 70.4 Å². The summed E-state index contributed by atoms with van der Waals surface area (Å²) in [5.74, 6) is 0. The van der Waals surface area contributed by atoms with Gasteiger partial charge in [0, 0.05) is 0 Å². The van der Waals surface area contributed by atoms with Crippen molar-refractivity contribution in [3.05, 3.63) is 0 Å². The first-order chi connectivity index (χ1) is 16.2. The Bertz CT molecular complexity index is 1080. The van der Waals surface area contributed by atoms with Gasteiger partial charge >= 0.3 is 15.6 Å². The molecule has 0 amide bonds. The minimum Gasteiger partial charge on any atom is -0.822 e. The monoisotopic (exact) mass is 763 g/mol. The summed E-state index contributed by atoms with van der Waals surface area (Å²) in [5.41, 5.74) is 0. The molecule has 240 valence electrons. The molecule has 1 aliphatic rings. The molecule has 0 radical (unpaired) electrons. The van der Waals surface area contributed by atoms with Crippen molar-refractivity contribution in [2.45, 2.75) is 0 Å². The summed E-state index contributed by atoms with van der Waals surface area (Å²) in [6.07, 6.45) is 0. The Morgan fingerprint density at radius 1 is 0.564 bits per heavy atom. The third-order valence-corrected chi connectivity index (χ3v) is 10.9.